The molecule has 3 heteroatoms. The van der Waals surface area contributed by atoms with Gasteiger partial charge in [0, 0.05) is 13.3 Å². The number of rotatable bonds is 15. The first-order chi connectivity index (χ1) is 11.3. The molecule has 1 nitrogen and oxygen atoms in total. The lowest BCUT2D eigenvalue weighted by Gasteiger charge is -2.02. The zero-order chi connectivity index (χ0) is 16.8. The second-order valence-electron chi connectivity index (χ2n) is 6.67. The Morgan fingerprint density at radius 2 is 1.39 bits per heavy atom. The van der Waals surface area contributed by atoms with Crippen molar-refractivity contribution in [3.63, 3.8) is 0 Å². The van der Waals surface area contributed by atoms with Gasteiger partial charge in [0.25, 0.3) is 0 Å². The van der Waals surface area contributed by atoms with Crippen LogP contribution in [0.2, 0.25) is 0 Å². The summed E-state index contributed by atoms with van der Waals surface area (Å²) in [6.45, 7) is 8.04. The lowest BCUT2D eigenvalue weighted by molar-refractivity contribution is -0.699. The van der Waals surface area contributed by atoms with Gasteiger partial charge < -0.3 is 0 Å². The number of thioether (sulfide) groups is 1. The maximum atomic E-state index is 2.44. The number of aryl methyl sites for hydroxylation is 1. The second-order valence-corrected chi connectivity index (χ2v) is 8.89. The van der Waals surface area contributed by atoms with Gasteiger partial charge in [-0.2, -0.15) is 4.57 Å². The molecule has 0 N–H and O–H groups in total. The Hall–Kier alpha value is -0.0200. The molecule has 23 heavy (non-hydrogen) atoms. The summed E-state index contributed by atoms with van der Waals surface area (Å²) in [5.41, 5.74) is 3.80. The Morgan fingerprint density at radius 3 is 2.00 bits per heavy atom. The third-order valence-corrected chi connectivity index (χ3v) is 7.06. The molecule has 0 saturated carbocycles. The van der Waals surface area contributed by atoms with Crippen molar-refractivity contribution < 1.29 is 4.57 Å². The third kappa shape index (κ3) is 9.76. The fraction of sp³-hybridized carbons (Fsp3) is 0.850. The summed E-state index contributed by atoms with van der Waals surface area (Å²) < 4.78 is 3.98. The maximum absolute atomic E-state index is 2.44. The molecule has 0 atom stereocenters. The van der Waals surface area contributed by atoms with E-state index in [9.17, 15) is 0 Å². The van der Waals surface area contributed by atoms with Crippen LogP contribution >= 0.6 is 23.1 Å². The Balaban J connectivity index is 1.98. The highest BCUT2D eigenvalue weighted by Crippen LogP contribution is 2.26. The van der Waals surface area contributed by atoms with Crippen LogP contribution in [0.4, 0.5) is 0 Å². The van der Waals surface area contributed by atoms with Gasteiger partial charge in [0.15, 0.2) is 0 Å². The molecule has 0 aliphatic heterocycles. The van der Waals surface area contributed by atoms with E-state index >= 15 is 0 Å². The molecule has 0 aromatic carbocycles. The van der Waals surface area contributed by atoms with Gasteiger partial charge in [0.05, 0.1) is 0 Å². The summed E-state index contributed by atoms with van der Waals surface area (Å²) in [5, 5.41) is 0. The average Bonchev–Trinajstić information content (AvgIpc) is 2.91. The molecule has 1 heterocycles. The maximum Gasteiger partial charge on any atom is 0.226 e. The number of unbranched alkanes of at least 4 members (excludes halogenated alkanes) is 10. The van der Waals surface area contributed by atoms with E-state index in [0.29, 0.717) is 0 Å². The molecule has 134 valence electrons. The normalized spacial score (nSPS) is 11.3. The lowest BCUT2D eigenvalue weighted by Crippen LogP contribution is -2.33. The van der Waals surface area contributed by atoms with Crippen molar-refractivity contribution in [1.29, 1.82) is 0 Å². The zero-order valence-corrected chi connectivity index (χ0v) is 17.4. The molecule has 1 aromatic rings. The summed E-state index contributed by atoms with van der Waals surface area (Å²) in [5.74, 6) is 1.30. The Labute approximate surface area is 153 Å². The van der Waals surface area contributed by atoms with E-state index in [2.05, 4.69) is 42.6 Å². The molecule has 1 rings (SSSR count). The van der Waals surface area contributed by atoms with E-state index in [4.69, 9.17) is 0 Å². The number of hydrogen-bond donors (Lipinski definition) is 0. The van der Waals surface area contributed by atoms with Gasteiger partial charge in [-0.25, -0.2) is 0 Å². The largest absolute Gasteiger partial charge is 0.226 e. The first-order valence-electron chi connectivity index (χ1n) is 9.89. The predicted molar refractivity (Wildman–Crippen MR) is 107 cm³/mol. The van der Waals surface area contributed by atoms with Crippen molar-refractivity contribution in [2.75, 3.05) is 5.75 Å². The minimum absolute atomic E-state index is 1.19. The van der Waals surface area contributed by atoms with E-state index in [-0.39, 0.29) is 0 Å². The molecule has 0 aliphatic rings. The summed E-state index contributed by atoms with van der Waals surface area (Å²) in [6, 6.07) is 0. The highest BCUT2D eigenvalue weighted by Gasteiger charge is 2.14. The topological polar surface area (TPSA) is 3.88 Å². The molecular weight excluding hydrogens is 318 g/mol. The predicted octanol–water partition coefficient (Wildman–Crippen LogP) is 7.16. The minimum Gasteiger partial charge on any atom is -0.192 e. The SMILES string of the molecule is CCCCCCCCCCCCSc1sc[n+](CCCC)c1C. The Bertz CT molecular complexity index is 387. The molecule has 1 aromatic heterocycles. The van der Waals surface area contributed by atoms with Crippen LogP contribution in [0, 0.1) is 6.92 Å². The number of aromatic nitrogens is 1. The highest BCUT2D eigenvalue weighted by atomic mass is 32.2. The minimum atomic E-state index is 1.19. The first kappa shape index (κ1) is 21.0. The van der Waals surface area contributed by atoms with Crippen molar-refractivity contribution in [1.82, 2.24) is 0 Å². The summed E-state index contributed by atoms with van der Waals surface area (Å²) in [6.07, 6.45) is 16.9. The van der Waals surface area contributed by atoms with Crippen LogP contribution in [-0.2, 0) is 6.54 Å². The van der Waals surface area contributed by atoms with Gasteiger partial charge in [-0.15, -0.1) is 11.8 Å². The second kappa shape index (κ2) is 14.3. The van der Waals surface area contributed by atoms with E-state index in [0.717, 1.165) is 0 Å². The summed E-state index contributed by atoms with van der Waals surface area (Å²) in [7, 11) is 0. The third-order valence-electron chi connectivity index (χ3n) is 4.50. The van der Waals surface area contributed by atoms with E-state index < -0.39 is 0 Å². The molecule has 0 spiro atoms. The van der Waals surface area contributed by atoms with Gasteiger partial charge in [0.1, 0.15) is 10.8 Å². The lowest BCUT2D eigenvalue weighted by atomic mass is 10.1. The summed E-state index contributed by atoms with van der Waals surface area (Å²) in [4.78, 5) is 0. The molecule has 0 fully saturated rings. The van der Waals surface area contributed by atoms with Crippen molar-refractivity contribution in [2.24, 2.45) is 0 Å². The fourth-order valence-electron chi connectivity index (χ4n) is 2.83. The van der Waals surface area contributed by atoms with Crippen LogP contribution in [0.5, 0.6) is 0 Å². The molecular formula is C20H38NS2+. The van der Waals surface area contributed by atoms with Crippen LogP contribution in [0.1, 0.15) is 96.6 Å². The fourth-order valence-corrected chi connectivity index (χ4v) is 5.12. The monoisotopic (exact) mass is 356 g/mol. The summed E-state index contributed by atoms with van der Waals surface area (Å²) >= 11 is 4.01. The van der Waals surface area contributed by atoms with Crippen molar-refractivity contribution >= 4 is 23.1 Å². The number of nitrogens with zero attached hydrogens (tertiary/aromatic N) is 1. The average molecular weight is 357 g/mol. The molecule has 0 unspecified atom stereocenters. The van der Waals surface area contributed by atoms with Gasteiger partial charge in [-0.05, 0) is 12.2 Å². The van der Waals surface area contributed by atoms with Crippen LogP contribution in [-0.4, -0.2) is 5.75 Å². The molecule has 0 radical (unpaired) electrons. The van der Waals surface area contributed by atoms with Crippen molar-refractivity contribution in [3.8, 4) is 0 Å². The van der Waals surface area contributed by atoms with Crippen molar-refractivity contribution in [3.05, 3.63) is 11.2 Å². The van der Waals surface area contributed by atoms with Gasteiger partial charge in [0.2, 0.25) is 11.2 Å². The molecule has 0 amide bonds. The zero-order valence-electron chi connectivity index (χ0n) is 15.7. The van der Waals surface area contributed by atoms with E-state index in [1.807, 2.05) is 11.3 Å². The van der Waals surface area contributed by atoms with Crippen LogP contribution < -0.4 is 4.57 Å². The van der Waals surface area contributed by atoms with Crippen LogP contribution in [0.3, 0.4) is 0 Å². The highest BCUT2D eigenvalue weighted by molar-refractivity contribution is 8.01. The number of thiazole rings is 1. The molecule has 0 aliphatic carbocycles. The Kier molecular flexibility index (Phi) is 13.1. The van der Waals surface area contributed by atoms with Gasteiger partial charge >= 0.3 is 0 Å². The van der Waals surface area contributed by atoms with Crippen LogP contribution in [0.25, 0.3) is 0 Å². The molecule has 0 bridgehead atoms. The Morgan fingerprint density at radius 1 is 0.826 bits per heavy atom. The van der Waals surface area contributed by atoms with Crippen molar-refractivity contribution in [2.45, 2.75) is 109 Å². The first-order valence-corrected chi connectivity index (χ1v) is 11.8. The van der Waals surface area contributed by atoms with E-state index in [1.54, 1.807) is 0 Å². The van der Waals surface area contributed by atoms with Gasteiger partial charge in [-0.1, -0.05) is 89.4 Å². The molecule has 0 saturated heterocycles. The standard InChI is InChI=1S/C20H38NS2/c1-4-6-8-9-10-11-12-13-14-15-17-22-20-19(3)21(18-23-20)16-7-5-2/h18H,4-17H2,1-3H3/q+1. The van der Waals surface area contributed by atoms with Crippen LogP contribution in [0.15, 0.2) is 9.72 Å². The quantitative estimate of drug-likeness (QED) is 0.183. The van der Waals surface area contributed by atoms with Gasteiger partial charge in [-0.3, -0.25) is 0 Å². The smallest absolute Gasteiger partial charge is 0.192 e. The number of hydrogen-bond acceptors (Lipinski definition) is 2. The van der Waals surface area contributed by atoms with E-state index in [1.165, 1.54) is 99.3 Å².